The van der Waals surface area contributed by atoms with Crippen LogP contribution >= 0.6 is 11.6 Å². The molecule has 1 N–H and O–H groups in total. The highest BCUT2D eigenvalue weighted by Gasteiger charge is 2.29. The largest absolute Gasteiger partial charge is 0.394 e. The van der Waals surface area contributed by atoms with Gasteiger partial charge in [0.1, 0.15) is 0 Å². The van der Waals surface area contributed by atoms with Crippen molar-refractivity contribution in [3.8, 4) is 0 Å². The lowest BCUT2D eigenvalue weighted by Crippen LogP contribution is -2.41. The van der Waals surface area contributed by atoms with Crippen LogP contribution in [0.4, 0.5) is 0 Å². The Balaban J connectivity index is 2.02. The van der Waals surface area contributed by atoms with Crippen LogP contribution in [0.1, 0.15) is 12.8 Å². The van der Waals surface area contributed by atoms with Gasteiger partial charge in [0.2, 0.25) is 10.0 Å². The van der Waals surface area contributed by atoms with Gasteiger partial charge in [-0.3, -0.25) is 0 Å². The van der Waals surface area contributed by atoms with E-state index in [1.165, 1.54) is 10.4 Å². The third-order valence-corrected chi connectivity index (χ3v) is 5.41. The summed E-state index contributed by atoms with van der Waals surface area (Å²) in [5.74, 6) is 0. The molecule has 1 aromatic carbocycles. The van der Waals surface area contributed by atoms with Crippen LogP contribution in [0.2, 0.25) is 5.02 Å². The molecule has 1 aromatic rings. The number of nitrogens with zero attached hydrogens (tertiary/aromatic N) is 1. The molecule has 0 bridgehead atoms. The van der Waals surface area contributed by atoms with Gasteiger partial charge in [0.05, 0.1) is 24.2 Å². The first-order valence-electron chi connectivity index (χ1n) is 6.52. The highest BCUT2D eigenvalue weighted by molar-refractivity contribution is 7.89. The number of hydrogen-bond acceptors (Lipinski definition) is 4. The second-order valence-corrected chi connectivity index (χ2v) is 7.03. The summed E-state index contributed by atoms with van der Waals surface area (Å²) in [6, 6.07) is 6.29. The topological polar surface area (TPSA) is 66.8 Å². The Morgan fingerprint density at radius 1 is 1.35 bits per heavy atom. The van der Waals surface area contributed by atoms with Crippen LogP contribution in [-0.4, -0.2) is 50.2 Å². The second kappa shape index (κ2) is 6.87. The number of halogens is 1. The van der Waals surface area contributed by atoms with E-state index in [2.05, 4.69) is 0 Å². The van der Waals surface area contributed by atoms with Gasteiger partial charge >= 0.3 is 0 Å². The molecule has 7 heteroatoms. The van der Waals surface area contributed by atoms with Crippen molar-refractivity contribution in [2.24, 2.45) is 0 Å². The molecule has 1 aliphatic rings. The molecule has 0 unspecified atom stereocenters. The van der Waals surface area contributed by atoms with Gasteiger partial charge in [0.15, 0.2) is 0 Å². The molecule has 2 rings (SSSR count). The van der Waals surface area contributed by atoms with Gasteiger partial charge in [0.25, 0.3) is 0 Å². The Labute approximate surface area is 124 Å². The van der Waals surface area contributed by atoms with Crippen LogP contribution in [0.3, 0.4) is 0 Å². The van der Waals surface area contributed by atoms with Crippen LogP contribution in [0.25, 0.3) is 0 Å². The molecule has 1 heterocycles. The van der Waals surface area contributed by atoms with Gasteiger partial charge in [-0.25, -0.2) is 8.42 Å². The number of rotatable bonds is 5. The second-order valence-electron chi connectivity index (χ2n) is 4.66. The van der Waals surface area contributed by atoms with Crippen LogP contribution in [0, 0.1) is 0 Å². The molecule has 112 valence electrons. The monoisotopic (exact) mass is 319 g/mol. The van der Waals surface area contributed by atoms with Crippen molar-refractivity contribution >= 4 is 21.6 Å². The number of ether oxygens (including phenoxy) is 1. The Hall–Kier alpha value is -0.660. The van der Waals surface area contributed by atoms with Crippen LogP contribution in [0.15, 0.2) is 29.2 Å². The molecule has 20 heavy (non-hydrogen) atoms. The summed E-state index contributed by atoms with van der Waals surface area (Å²) in [7, 11) is -3.48. The average Bonchev–Trinajstić information content (AvgIpc) is 2.45. The lowest BCUT2D eigenvalue weighted by molar-refractivity contribution is 0.00318. The number of aliphatic hydroxyl groups is 1. The smallest absolute Gasteiger partial charge is 0.243 e. The average molecular weight is 320 g/mol. The van der Waals surface area contributed by atoms with Gasteiger partial charge in [-0.2, -0.15) is 4.31 Å². The van der Waals surface area contributed by atoms with E-state index in [-0.39, 0.29) is 17.6 Å². The SMILES string of the molecule is O=S(=O)(c1cccc(Cl)c1)N1CCC(OCCO)CC1. The molecule has 0 radical (unpaired) electrons. The van der Waals surface area contributed by atoms with E-state index in [4.69, 9.17) is 21.4 Å². The standard InChI is InChI=1S/C13H18ClNO4S/c14-11-2-1-3-13(10-11)20(17,18)15-6-4-12(5-7-15)19-9-8-16/h1-3,10,12,16H,4-9H2. The third-order valence-electron chi connectivity index (χ3n) is 3.28. The molecule has 1 saturated heterocycles. The van der Waals surface area contributed by atoms with Gasteiger partial charge in [-0.1, -0.05) is 17.7 Å². The molecular weight excluding hydrogens is 302 g/mol. The fourth-order valence-corrected chi connectivity index (χ4v) is 4.01. The molecule has 0 aromatic heterocycles. The maximum absolute atomic E-state index is 12.4. The zero-order valence-corrected chi connectivity index (χ0v) is 12.6. The predicted octanol–water partition coefficient (Wildman–Crippen LogP) is 1.50. The summed E-state index contributed by atoms with van der Waals surface area (Å²) in [5, 5.41) is 9.12. The number of sulfonamides is 1. The minimum Gasteiger partial charge on any atom is -0.394 e. The minimum absolute atomic E-state index is 0.0129. The third kappa shape index (κ3) is 3.71. The van der Waals surface area contributed by atoms with E-state index in [1.54, 1.807) is 18.2 Å². The molecule has 5 nitrogen and oxygen atoms in total. The van der Waals surface area contributed by atoms with Gasteiger partial charge in [0, 0.05) is 18.1 Å². The molecule has 1 fully saturated rings. The Kier molecular flexibility index (Phi) is 5.40. The van der Waals surface area contributed by atoms with Crippen LogP contribution in [0.5, 0.6) is 0 Å². The van der Waals surface area contributed by atoms with Crippen LogP contribution in [-0.2, 0) is 14.8 Å². The van der Waals surface area contributed by atoms with Crippen molar-refractivity contribution in [1.29, 1.82) is 0 Å². The summed E-state index contributed by atoms with van der Waals surface area (Å²) in [4.78, 5) is 0.222. The summed E-state index contributed by atoms with van der Waals surface area (Å²) >= 11 is 5.84. The van der Waals surface area contributed by atoms with E-state index in [1.807, 2.05) is 0 Å². The number of benzene rings is 1. The van der Waals surface area contributed by atoms with Crippen molar-refractivity contribution < 1.29 is 18.3 Å². The molecule has 0 aliphatic carbocycles. The van der Waals surface area contributed by atoms with Crippen molar-refractivity contribution in [3.63, 3.8) is 0 Å². The maximum Gasteiger partial charge on any atom is 0.243 e. The van der Waals surface area contributed by atoms with Gasteiger partial charge < -0.3 is 9.84 Å². The van der Waals surface area contributed by atoms with Gasteiger partial charge in [-0.05, 0) is 31.0 Å². The quantitative estimate of drug-likeness (QED) is 0.893. The molecule has 0 amide bonds. The van der Waals surface area contributed by atoms with Crippen molar-refractivity contribution in [2.45, 2.75) is 23.8 Å². The van der Waals surface area contributed by atoms with E-state index in [9.17, 15) is 8.42 Å². The first-order chi connectivity index (χ1) is 9.54. The first-order valence-corrected chi connectivity index (χ1v) is 8.34. The van der Waals surface area contributed by atoms with Crippen molar-refractivity contribution in [3.05, 3.63) is 29.3 Å². The first kappa shape index (κ1) is 15.7. The highest BCUT2D eigenvalue weighted by Crippen LogP contribution is 2.23. The zero-order valence-electron chi connectivity index (χ0n) is 11.0. The molecule has 0 spiro atoms. The Morgan fingerprint density at radius 3 is 2.65 bits per heavy atom. The van der Waals surface area contributed by atoms with Crippen molar-refractivity contribution in [1.82, 2.24) is 4.31 Å². The molecular formula is C13H18ClNO4S. The van der Waals surface area contributed by atoms with E-state index in [0.29, 0.717) is 37.6 Å². The summed E-state index contributed by atoms with van der Waals surface area (Å²) < 4.78 is 31.8. The number of hydrogen-bond donors (Lipinski definition) is 1. The normalized spacial score (nSPS) is 18.3. The van der Waals surface area contributed by atoms with E-state index in [0.717, 1.165) is 0 Å². The summed E-state index contributed by atoms with van der Waals surface area (Å²) in [6.45, 7) is 1.13. The number of aliphatic hydroxyl groups excluding tert-OH is 1. The molecule has 0 saturated carbocycles. The summed E-state index contributed by atoms with van der Waals surface area (Å²) in [6.07, 6.45) is 1.30. The zero-order chi connectivity index (χ0) is 14.6. The molecule has 0 atom stereocenters. The minimum atomic E-state index is -3.48. The van der Waals surface area contributed by atoms with E-state index < -0.39 is 10.0 Å². The van der Waals surface area contributed by atoms with Crippen molar-refractivity contribution in [2.75, 3.05) is 26.3 Å². The van der Waals surface area contributed by atoms with Crippen LogP contribution < -0.4 is 0 Å². The Morgan fingerprint density at radius 2 is 2.05 bits per heavy atom. The molecule has 1 aliphatic heterocycles. The fourth-order valence-electron chi connectivity index (χ4n) is 2.24. The highest BCUT2D eigenvalue weighted by atomic mass is 35.5. The van der Waals surface area contributed by atoms with Gasteiger partial charge in [-0.15, -0.1) is 0 Å². The Bertz CT molecular complexity index is 541. The lowest BCUT2D eigenvalue weighted by atomic mass is 10.1. The predicted molar refractivity (Wildman–Crippen MR) is 76.3 cm³/mol. The maximum atomic E-state index is 12.4. The number of piperidine rings is 1. The van der Waals surface area contributed by atoms with E-state index >= 15 is 0 Å². The fraction of sp³-hybridized carbons (Fsp3) is 0.538. The summed E-state index contributed by atoms with van der Waals surface area (Å²) in [5.41, 5.74) is 0. The lowest BCUT2D eigenvalue weighted by Gasteiger charge is -2.31.